The molecule has 0 bridgehead atoms. The van der Waals surface area contributed by atoms with Crippen LogP contribution in [0.5, 0.6) is 0 Å². The Labute approximate surface area is 227 Å². The average molecular weight is 658 g/mol. The summed E-state index contributed by atoms with van der Waals surface area (Å²) in [6.45, 7) is -2.85. The van der Waals surface area contributed by atoms with E-state index in [2.05, 4.69) is 15.9 Å². The molecule has 0 heterocycles. The van der Waals surface area contributed by atoms with Crippen molar-refractivity contribution < 1.29 is 53.5 Å². The van der Waals surface area contributed by atoms with Gasteiger partial charge in [-0.3, -0.25) is 4.79 Å². The largest absolute Gasteiger partial charge is 0.417 e. The van der Waals surface area contributed by atoms with Crippen LogP contribution in [0.3, 0.4) is 0 Å². The third-order valence-electron chi connectivity index (χ3n) is 5.04. The van der Waals surface area contributed by atoms with Crippen LogP contribution in [0.1, 0.15) is 33.0 Å². The lowest BCUT2D eigenvalue weighted by molar-refractivity contribution is -0.140. The van der Waals surface area contributed by atoms with Crippen LogP contribution in [-0.2, 0) is 6.18 Å². The minimum atomic E-state index is -5.29. The Kier molecular flexibility index (Phi) is 10.1. The number of nitrogens with zero attached hydrogens (tertiary/aromatic N) is 1. The van der Waals surface area contributed by atoms with Crippen LogP contribution in [0.4, 0.5) is 48.7 Å². The summed E-state index contributed by atoms with van der Waals surface area (Å²) in [6.07, 6.45) is -15.1. The second kappa shape index (κ2) is 12.1. The first kappa shape index (κ1) is 32.4. The number of likely N-dealkylation sites (N-methyl/N-ethyl adjacent to an activating group) is 1. The molecule has 2 rings (SSSR count). The van der Waals surface area contributed by atoms with Crippen LogP contribution < -0.4 is 5.32 Å². The molecule has 1 atom stereocenters. The number of urea groups is 1. The van der Waals surface area contributed by atoms with E-state index in [9.17, 15) is 53.5 Å². The zero-order valence-electron chi connectivity index (χ0n) is 19.3. The summed E-state index contributed by atoms with van der Waals surface area (Å²) in [7, 11) is 0.847. The normalized spacial score (nSPS) is 13.7. The highest BCUT2D eigenvalue weighted by Gasteiger charge is 2.41. The number of alkyl halides is 9. The van der Waals surface area contributed by atoms with Gasteiger partial charge in [-0.15, -0.1) is 0 Å². The maximum absolute atomic E-state index is 14.9. The number of benzene rings is 2. The topological polar surface area (TPSA) is 49.4 Å². The van der Waals surface area contributed by atoms with Gasteiger partial charge in [0.2, 0.25) is 0 Å². The Balaban J connectivity index is 2.42. The summed E-state index contributed by atoms with van der Waals surface area (Å²) in [5.74, 6) is -5.63. The van der Waals surface area contributed by atoms with Crippen molar-refractivity contribution in [3.8, 4) is 0 Å². The Morgan fingerprint density at radius 1 is 1.03 bits per heavy atom. The maximum atomic E-state index is 14.9. The number of hydrogen-bond acceptors (Lipinski definition) is 2. The van der Waals surface area contributed by atoms with E-state index in [0.29, 0.717) is 17.0 Å². The van der Waals surface area contributed by atoms with Gasteiger partial charge in [0.05, 0.1) is 17.1 Å². The number of carbonyl (C=O) groups excluding carboxylic acids is 2. The molecule has 0 radical (unpaired) electrons. The lowest BCUT2D eigenvalue weighted by Crippen LogP contribution is -2.43. The molecule has 214 valence electrons. The van der Waals surface area contributed by atoms with E-state index < -0.39 is 77.4 Å². The van der Waals surface area contributed by atoms with Crippen molar-refractivity contribution in [2.75, 3.05) is 20.1 Å². The fourth-order valence-electron chi connectivity index (χ4n) is 3.18. The molecule has 0 spiro atoms. The average Bonchev–Trinajstić information content (AvgIpc) is 2.80. The molecule has 2 aromatic carbocycles. The molecule has 2 amide bonds. The number of nitrogens with one attached hydrogen (secondary N) is 1. The van der Waals surface area contributed by atoms with Crippen molar-refractivity contribution in [3.63, 3.8) is 0 Å². The molecule has 1 unspecified atom stereocenters. The lowest BCUT2D eigenvalue weighted by Gasteiger charge is -2.20. The van der Waals surface area contributed by atoms with E-state index in [4.69, 9.17) is 11.6 Å². The monoisotopic (exact) mass is 656 g/mol. The van der Waals surface area contributed by atoms with Gasteiger partial charge in [-0.1, -0.05) is 29.8 Å². The van der Waals surface area contributed by atoms with Gasteiger partial charge in [0.15, 0.2) is 5.78 Å². The molecular formula is C23H16BrClF10N2O2. The molecule has 0 saturated carbocycles. The van der Waals surface area contributed by atoms with E-state index in [1.165, 1.54) is 5.32 Å². The van der Waals surface area contributed by atoms with Crippen LogP contribution in [0.15, 0.2) is 46.9 Å². The van der Waals surface area contributed by atoms with Crippen LogP contribution in [0.25, 0.3) is 5.83 Å². The molecular weight excluding hydrogens is 642 g/mol. The SMILES string of the molecule is CN(CC(=O)c1ccc(/C(F)=C/C(c2ccc(Cl)c(Br)c2)C(F)(F)F)cc1C(F)(F)F)C(=O)NCC(F)(F)F. The Morgan fingerprint density at radius 3 is 2.15 bits per heavy atom. The number of halogens is 12. The zero-order valence-corrected chi connectivity index (χ0v) is 21.7. The van der Waals surface area contributed by atoms with Crippen LogP contribution in [0, 0.1) is 0 Å². The number of allylic oxidation sites excluding steroid dienone is 1. The van der Waals surface area contributed by atoms with Crippen molar-refractivity contribution >= 4 is 45.2 Å². The van der Waals surface area contributed by atoms with E-state index >= 15 is 0 Å². The second-order valence-electron chi connectivity index (χ2n) is 8.02. The predicted molar refractivity (Wildman–Crippen MR) is 125 cm³/mol. The third kappa shape index (κ3) is 9.12. The molecule has 0 aliphatic carbocycles. The highest BCUT2D eigenvalue weighted by Crippen LogP contribution is 2.41. The maximum Gasteiger partial charge on any atom is 0.417 e. The fraction of sp³-hybridized carbons (Fsp3) is 0.304. The van der Waals surface area contributed by atoms with Gasteiger partial charge in [0.25, 0.3) is 0 Å². The number of ketones is 1. The molecule has 1 N–H and O–H groups in total. The van der Waals surface area contributed by atoms with E-state index in [1.54, 1.807) is 0 Å². The first-order chi connectivity index (χ1) is 17.7. The van der Waals surface area contributed by atoms with E-state index in [0.717, 1.165) is 25.2 Å². The van der Waals surface area contributed by atoms with Gasteiger partial charge < -0.3 is 10.2 Å². The Bertz CT molecular complexity index is 1260. The minimum absolute atomic E-state index is 0.0580. The first-order valence-electron chi connectivity index (χ1n) is 10.4. The lowest BCUT2D eigenvalue weighted by atomic mass is 9.95. The number of Topliss-reactive ketones (excluding diaryl/α,β-unsaturated/α-hetero) is 1. The number of amides is 2. The van der Waals surface area contributed by atoms with Crippen molar-refractivity contribution in [2.24, 2.45) is 0 Å². The highest BCUT2D eigenvalue weighted by atomic mass is 79.9. The molecule has 2 aromatic rings. The summed E-state index contributed by atoms with van der Waals surface area (Å²) >= 11 is 8.70. The Hall–Kier alpha value is -2.81. The smallest absolute Gasteiger partial charge is 0.329 e. The molecule has 0 saturated heterocycles. The third-order valence-corrected chi connectivity index (χ3v) is 6.25. The van der Waals surface area contributed by atoms with Gasteiger partial charge in [0, 0.05) is 22.6 Å². The van der Waals surface area contributed by atoms with Gasteiger partial charge in [-0.2, -0.15) is 39.5 Å². The summed E-state index contributed by atoms with van der Waals surface area (Å²) in [6, 6.07) is 2.86. The molecule has 16 heteroatoms. The Morgan fingerprint density at radius 2 is 1.64 bits per heavy atom. The molecule has 0 aliphatic rings. The van der Waals surface area contributed by atoms with E-state index in [1.807, 2.05) is 0 Å². The molecule has 0 aliphatic heterocycles. The van der Waals surface area contributed by atoms with Crippen LogP contribution in [0.2, 0.25) is 5.02 Å². The summed E-state index contributed by atoms with van der Waals surface area (Å²) in [5.41, 5.74) is -4.21. The zero-order chi connectivity index (χ0) is 29.9. The van der Waals surface area contributed by atoms with Gasteiger partial charge >= 0.3 is 24.6 Å². The van der Waals surface area contributed by atoms with Crippen molar-refractivity contribution in [2.45, 2.75) is 24.4 Å². The van der Waals surface area contributed by atoms with Crippen molar-refractivity contribution in [3.05, 3.63) is 74.2 Å². The summed E-state index contributed by atoms with van der Waals surface area (Å²) in [4.78, 5) is 24.5. The van der Waals surface area contributed by atoms with Gasteiger partial charge in [0.1, 0.15) is 18.3 Å². The van der Waals surface area contributed by atoms with E-state index in [-0.39, 0.29) is 21.6 Å². The second-order valence-corrected chi connectivity index (χ2v) is 9.28. The van der Waals surface area contributed by atoms with Crippen LogP contribution >= 0.6 is 27.5 Å². The molecule has 0 fully saturated rings. The van der Waals surface area contributed by atoms with Crippen LogP contribution in [-0.4, -0.2) is 49.2 Å². The van der Waals surface area contributed by atoms with Crippen molar-refractivity contribution in [1.82, 2.24) is 10.2 Å². The van der Waals surface area contributed by atoms with Gasteiger partial charge in [-0.25, -0.2) is 9.18 Å². The fourth-order valence-corrected chi connectivity index (χ4v) is 3.70. The molecule has 39 heavy (non-hydrogen) atoms. The predicted octanol–water partition coefficient (Wildman–Crippen LogP) is 8.16. The van der Waals surface area contributed by atoms with Crippen molar-refractivity contribution in [1.29, 1.82) is 0 Å². The molecule has 4 nitrogen and oxygen atoms in total. The number of hydrogen-bond donors (Lipinski definition) is 1. The number of rotatable bonds is 7. The molecule has 0 aromatic heterocycles. The summed E-state index contributed by atoms with van der Waals surface area (Å²) < 4.78 is 134. The van der Waals surface area contributed by atoms with Gasteiger partial charge in [-0.05, 0) is 45.8 Å². The highest BCUT2D eigenvalue weighted by molar-refractivity contribution is 9.10. The number of carbonyl (C=O) groups is 2. The minimum Gasteiger partial charge on any atom is -0.329 e. The standard InChI is InChI=1S/C23H16BrClF10N2O2/c1-37(20(39)36-10-21(27,28)29)9-19(38)13-4-2-12(6-15(13)23(33,34)35)18(26)8-14(22(30,31)32)11-3-5-17(25)16(24)7-11/h2-8,14H,9-10H2,1H3,(H,36,39)/b18-8-. The summed E-state index contributed by atoms with van der Waals surface area (Å²) in [5, 5.41) is 1.48. The quantitative estimate of drug-likeness (QED) is 0.241. The first-order valence-corrected chi connectivity index (χ1v) is 11.6.